The lowest BCUT2D eigenvalue weighted by Crippen LogP contribution is -2.39. The van der Waals surface area contributed by atoms with Gasteiger partial charge in [0.05, 0.1) is 6.04 Å². The Morgan fingerprint density at radius 2 is 2.23 bits per heavy atom. The van der Waals surface area contributed by atoms with Crippen LogP contribution in [0.2, 0.25) is 0 Å². The van der Waals surface area contributed by atoms with Crippen LogP contribution >= 0.6 is 22.9 Å². The SMILES string of the molecule is O=C(NCC1CC1)C1CCCN1I. The van der Waals surface area contributed by atoms with Crippen LogP contribution in [0.25, 0.3) is 0 Å². The Morgan fingerprint density at radius 1 is 1.46 bits per heavy atom. The fourth-order valence-corrected chi connectivity index (χ4v) is 2.55. The van der Waals surface area contributed by atoms with Crippen molar-refractivity contribution in [3.63, 3.8) is 0 Å². The topological polar surface area (TPSA) is 32.3 Å². The van der Waals surface area contributed by atoms with Gasteiger partial charge in [0.1, 0.15) is 0 Å². The van der Waals surface area contributed by atoms with E-state index >= 15 is 0 Å². The molecule has 0 aromatic rings. The van der Waals surface area contributed by atoms with Gasteiger partial charge in [0.2, 0.25) is 5.91 Å². The maximum absolute atomic E-state index is 11.6. The highest BCUT2D eigenvalue weighted by Crippen LogP contribution is 2.28. The van der Waals surface area contributed by atoms with Crippen LogP contribution in [0.3, 0.4) is 0 Å². The van der Waals surface area contributed by atoms with E-state index in [1.807, 2.05) is 0 Å². The first-order chi connectivity index (χ1) is 6.27. The van der Waals surface area contributed by atoms with Gasteiger partial charge in [0, 0.05) is 36.0 Å². The van der Waals surface area contributed by atoms with Crippen molar-refractivity contribution in [1.82, 2.24) is 8.43 Å². The number of amides is 1. The molecular weight excluding hydrogens is 279 g/mol. The third-order valence-electron chi connectivity index (χ3n) is 2.75. The number of hydrogen-bond donors (Lipinski definition) is 1. The molecule has 1 N–H and O–H groups in total. The van der Waals surface area contributed by atoms with E-state index in [2.05, 4.69) is 31.3 Å². The van der Waals surface area contributed by atoms with Crippen molar-refractivity contribution >= 4 is 28.8 Å². The number of carbonyl (C=O) groups is 1. The molecule has 0 bridgehead atoms. The zero-order chi connectivity index (χ0) is 9.26. The van der Waals surface area contributed by atoms with E-state index in [1.165, 1.54) is 12.8 Å². The van der Waals surface area contributed by atoms with Gasteiger partial charge in [0.15, 0.2) is 0 Å². The lowest BCUT2D eigenvalue weighted by atomic mass is 10.2. The predicted octanol–water partition coefficient (Wildman–Crippen LogP) is 1.33. The molecule has 0 aromatic carbocycles. The molecule has 2 rings (SSSR count). The zero-order valence-electron chi connectivity index (χ0n) is 7.63. The highest BCUT2D eigenvalue weighted by Gasteiger charge is 2.30. The smallest absolute Gasteiger partial charge is 0.238 e. The molecule has 13 heavy (non-hydrogen) atoms. The van der Waals surface area contributed by atoms with Gasteiger partial charge in [-0.2, -0.15) is 0 Å². The first kappa shape index (κ1) is 9.71. The van der Waals surface area contributed by atoms with Gasteiger partial charge in [-0.05, 0) is 31.6 Å². The summed E-state index contributed by atoms with van der Waals surface area (Å²) in [5.74, 6) is 1.02. The fourth-order valence-electron chi connectivity index (χ4n) is 1.67. The van der Waals surface area contributed by atoms with Crippen molar-refractivity contribution < 1.29 is 4.79 Å². The molecule has 74 valence electrons. The molecule has 3 nitrogen and oxygen atoms in total. The highest BCUT2D eigenvalue weighted by molar-refractivity contribution is 14.1. The number of nitrogens with zero attached hydrogens (tertiary/aromatic N) is 1. The lowest BCUT2D eigenvalue weighted by Gasteiger charge is -2.16. The average molecular weight is 294 g/mol. The van der Waals surface area contributed by atoms with Gasteiger partial charge in [0.25, 0.3) is 0 Å². The fraction of sp³-hybridized carbons (Fsp3) is 0.889. The third-order valence-corrected chi connectivity index (χ3v) is 3.91. The van der Waals surface area contributed by atoms with Crippen LogP contribution in [-0.2, 0) is 4.79 Å². The molecular formula is C9H15IN2O. The number of halogens is 1. The number of hydrogen-bond acceptors (Lipinski definition) is 2. The zero-order valence-corrected chi connectivity index (χ0v) is 9.79. The Labute approximate surface area is 92.7 Å². The van der Waals surface area contributed by atoms with Crippen LogP contribution in [0.15, 0.2) is 0 Å². The minimum absolute atomic E-state index is 0.138. The molecule has 0 spiro atoms. The van der Waals surface area contributed by atoms with Crippen LogP contribution in [0.4, 0.5) is 0 Å². The number of rotatable bonds is 3. The second-order valence-corrected chi connectivity index (χ2v) is 5.21. The minimum Gasteiger partial charge on any atom is -0.354 e. The van der Waals surface area contributed by atoms with E-state index in [-0.39, 0.29) is 11.9 Å². The molecule has 2 fully saturated rings. The Kier molecular flexibility index (Phi) is 3.08. The van der Waals surface area contributed by atoms with Crippen molar-refractivity contribution in [2.45, 2.75) is 31.7 Å². The molecule has 1 heterocycles. The second kappa shape index (κ2) is 4.13. The molecule has 1 saturated heterocycles. The average Bonchev–Trinajstić information content (AvgIpc) is 2.84. The van der Waals surface area contributed by atoms with Crippen molar-refractivity contribution in [1.29, 1.82) is 0 Å². The Bertz CT molecular complexity index is 206. The van der Waals surface area contributed by atoms with Crippen LogP contribution < -0.4 is 5.32 Å². The summed E-state index contributed by atoms with van der Waals surface area (Å²) in [6.45, 7) is 1.96. The second-order valence-electron chi connectivity index (χ2n) is 3.97. The predicted molar refractivity (Wildman–Crippen MR) is 59.5 cm³/mol. The number of nitrogens with one attached hydrogen (secondary N) is 1. The van der Waals surface area contributed by atoms with Gasteiger partial charge < -0.3 is 5.32 Å². The monoisotopic (exact) mass is 294 g/mol. The third kappa shape index (κ3) is 2.56. The Hall–Kier alpha value is 0.160. The minimum atomic E-state index is 0.138. The van der Waals surface area contributed by atoms with Crippen molar-refractivity contribution in [2.24, 2.45) is 5.92 Å². The molecule has 0 radical (unpaired) electrons. The normalized spacial score (nSPS) is 29.2. The van der Waals surface area contributed by atoms with Gasteiger partial charge >= 0.3 is 0 Å². The number of carbonyl (C=O) groups excluding carboxylic acids is 1. The molecule has 1 aliphatic heterocycles. The van der Waals surface area contributed by atoms with Gasteiger partial charge in [-0.25, -0.2) is 3.11 Å². The highest BCUT2D eigenvalue weighted by atomic mass is 127. The summed E-state index contributed by atoms with van der Waals surface area (Å²) < 4.78 is 2.12. The van der Waals surface area contributed by atoms with Gasteiger partial charge in [-0.15, -0.1) is 0 Å². The maximum atomic E-state index is 11.6. The van der Waals surface area contributed by atoms with Crippen molar-refractivity contribution in [3.8, 4) is 0 Å². The largest absolute Gasteiger partial charge is 0.354 e. The van der Waals surface area contributed by atoms with E-state index in [1.54, 1.807) is 0 Å². The van der Waals surface area contributed by atoms with Gasteiger partial charge in [-0.1, -0.05) is 0 Å². The van der Waals surface area contributed by atoms with E-state index in [9.17, 15) is 4.79 Å². The standard InChI is InChI=1S/C9H15IN2O/c10-12-5-1-2-8(12)9(13)11-6-7-3-4-7/h7-8H,1-6H2,(H,11,13). The van der Waals surface area contributed by atoms with Gasteiger partial charge in [-0.3, -0.25) is 4.79 Å². The van der Waals surface area contributed by atoms with E-state index in [4.69, 9.17) is 0 Å². The van der Waals surface area contributed by atoms with Crippen LogP contribution in [0.5, 0.6) is 0 Å². The van der Waals surface area contributed by atoms with E-state index in [0.29, 0.717) is 0 Å². The molecule has 1 amide bonds. The summed E-state index contributed by atoms with van der Waals surface area (Å²) in [5.41, 5.74) is 0. The van der Waals surface area contributed by atoms with Crippen LogP contribution in [-0.4, -0.2) is 28.2 Å². The molecule has 0 aromatic heterocycles. The summed E-state index contributed by atoms with van der Waals surface area (Å²) in [6, 6.07) is 0.138. The molecule has 1 unspecified atom stereocenters. The summed E-state index contributed by atoms with van der Waals surface area (Å²) in [5, 5.41) is 3.03. The van der Waals surface area contributed by atoms with Crippen LogP contribution in [0.1, 0.15) is 25.7 Å². The van der Waals surface area contributed by atoms with E-state index < -0.39 is 0 Å². The summed E-state index contributed by atoms with van der Waals surface area (Å²) in [6.07, 6.45) is 4.79. The molecule has 1 atom stereocenters. The van der Waals surface area contributed by atoms with Crippen LogP contribution in [0, 0.1) is 5.92 Å². The summed E-state index contributed by atoms with van der Waals surface area (Å²) in [7, 11) is 0. The molecule has 4 heteroatoms. The first-order valence-electron chi connectivity index (χ1n) is 4.97. The Morgan fingerprint density at radius 3 is 2.77 bits per heavy atom. The van der Waals surface area contributed by atoms with Crippen molar-refractivity contribution in [2.75, 3.05) is 13.1 Å². The Balaban J connectivity index is 1.74. The molecule has 1 aliphatic carbocycles. The lowest BCUT2D eigenvalue weighted by molar-refractivity contribution is -0.123. The van der Waals surface area contributed by atoms with Crippen molar-refractivity contribution in [3.05, 3.63) is 0 Å². The maximum Gasteiger partial charge on any atom is 0.238 e. The summed E-state index contributed by atoms with van der Waals surface area (Å²) in [4.78, 5) is 11.6. The molecule has 1 saturated carbocycles. The summed E-state index contributed by atoms with van der Waals surface area (Å²) >= 11 is 2.25. The first-order valence-corrected chi connectivity index (χ1v) is 5.94. The van der Waals surface area contributed by atoms with E-state index in [0.717, 1.165) is 31.8 Å². The molecule has 2 aliphatic rings. The quantitative estimate of drug-likeness (QED) is 0.629.